The van der Waals surface area contributed by atoms with E-state index in [4.69, 9.17) is 9.97 Å². The highest BCUT2D eigenvalue weighted by atomic mass is 15.0. The van der Waals surface area contributed by atoms with E-state index in [9.17, 15) is 0 Å². The molecule has 7 aromatic carbocycles. The standard InChI is InChI=1S/C46H30N4/c1-3-13-31(14-4-1)36-17-7-8-19-38(36)45-39-20-9-11-21-41(39)47-46(48-45)32-23-25-35(26-24-32)50-42-22-12-10-18-37(42)40-29-33-27-28-49(43(33)30-44(40)50)34-15-5-2-6-16-34/h1-30H. The van der Waals surface area contributed by atoms with E-state index in [1.165, 1.54) is 32.7 Å². The fraction of sp³-hybridized carbons (Fsp3) is 0. The lowest BCUT2D eigenvalue weighted by Crippen LogP contribution is -1.98. The lowest BCUT2D eigenvalue weighted by Gasteiger charge is -2.14. The quantitative estimate of drug-likeness (QED) is 0.188. The number of hydrogen-bond donors (Lipinski definition) is 0. The summed E-state index contributed by atoms with van der Waals surface area (Å²) >= 11 is 0. The molecule has 50 heavy (non-hydrogen) atoms. The third-order valence-corrected chi connectivity index (χ3v) is 9.77. The van der Waals surface area contributed by atoms with Gasteiger partial charge in [-0.15, -0.1) is 0 Å². The lowest BCUT2D eigenvalue weighted by atomic mass is 9.95. The molecule has 0 radical (unpaired) electrons. The molecule has 0 fully saturated rings. The molecule has 3 heterocycles. The maximum absolute atomic E-state index is 5.27. The van der Waals surface area contributed by atoms with Crippen molar-refractivity contribution in [1.82, 2.24) is 19.1 Å². The highest BCUT2D eigenvalue weighted by Gasteiger charge is 2.17. The van der Waals surface area contributed by atoms with E-state index in [0.717, 1.165) is 50.2 Å². The molecule has 3 aromatic heterocycles. The van der Waals surface area contributed by atoms with Crippen LogP contribution >= 0.6 is 0 Å². The van der Waals surface area contributed by atoms with Crippen molar-refractivity contribution in [3.8, 4) is 45.1 Å². The van der Waals surface area contributed by atoms with Gasteiger partial charge in [0.15, 0.2) is 5.82 Å². The predicted molar refractivity (Wildman–Crippen MR) is 207 cm³/mol. The Morgan fingerprint density at radius 2 is 1.08 bits per heavy atom. The Labute approximate surface area is 289 Å². The van der Waals surface area contributed by atoms with Gasteiger partial charge in [0.2, 0.25) is 0 Å². The van der Waals surface area contributed by atoms with Crippen LogP contribution in [0.15, 0.2) is 182 Å². The molecule has 0 aliphatic heterocycles. The summed E-state index contributed by atoms with van der Waals surface area (Å²) in [7, 11) is 0. The van der Waals surface area contributed by atoms with Crippen molar-refractivity contribution < 1.29 is 0 Å². The van der Waals surface area contributed by atoms with E-state index in [0.29, 0.717) is 5.82 Å². The van der Waals surface area contributed by atoms with Crippen LogP contribution in [0.5, 0.6) is 0 Å². The zero-order valence-corrected chi connectivity index (χ0v) is 27.1. The number of aromatic nitrogens is 4. The first-order valence-corrected chi connectivity index (χ1v) is 16.9. The summed E-state index contributed by atoms with van der Waals surface area (Å²) in [5.41, 5.74) is 12.0. The molecule has 0 saturated carbocycles. The maximum atomic E-state index is 5.27. The van der Waals surface area contributed by atoms with Crippen molar-refractivity contribution in [3.63, 3.8) is 0 Å². The molecule has 0 aliphatic carbocycles. The van der Waals surface area contributed by atoms with Crippen LogP contribution in [0.1, 0.15) is 0 Å². The topological polar surface area (TPSA) is 35.6 Å². The summed E-state index contributed by atoms with van der Waals surface area (Å²) in [6, 6.07) is 62.1. The Hall–Kier alpha value is -6.78. The molecule has 0 unspecified atom stereocenters. The lowest BCUT2D eigenvalue weighted by molar-refractivity contribution is 1.12. The third-order valence-electron chi connectivity index (χ3n) is 9.77. The number of para-hydroxylation sites is 3. The van der Waals surface area contributed by atoms with Crippen molar-refractivity contribution in [3.05, 3.63) is 182 Å². The summed E-state index contributed by atoms with van der Waals surface area (Å²) in [4.78, 5) is 10.3. The van der Waals surface area contributed by atoms with Crippen LogP contribution in [-0.4, -0.2) is 19.1 Å². The van der Waals surface area contributed by atoms with E-state index < -0.39 is 0 Å². The van der Waals surface area contributed by atoms with Crippen molar-refractivity contribution in [1.29, 1.82) is 0 Å². The zero-order chi connectivity index (χ0) is 33.0. The summed E-state index contributed by atoms with van der Waals surface area (Å²) in [6.45, 7) is 0. The third kappa shape index (κ3) is 4.54. The van der Waals surface area contributed by atoms with Gasteiger partial charge >= 0.3 is 0 Å². The Kier molecular flexibility index (Phi) is 6.46. The Morgan fingerprint density at radius 3 is 1.90 bits per heavy atom. The molecule has 0 spiro atoms. The van der Waals surface area contributed by atoms with Crippen molar-refractivity contribution >= 4 is 43.6 Å². The molecular weight excluding hydrogens is 609 g/mol. The normalized spacial score (nSPS) is 11.6. The first kappa shape index (κ1) is 28.3. The van der Waals surface area contributed by atoms with Gasteiger partial charge in [-0.2, -0.15) is 0 Å². The molecule has 234 valence electrons. The Bertz CT molecular complexity index is 2850. The van der Waals surface area contributed by atoms with Gasteiger partial charge in [0.1, 0.15) is 0 Å². The van der Waals surface area contributed by atoms with E-state index in [1.807, 2.05) is 6.07 Å². The van der Waals surface area contributed by atoms with E-state index in [2.05, 4.69) is 185 Å². The number of rotatable bonds is 5. The molecule has 0 saturated heterocycles. The van der Waals surface area contributed by atoms with Gasteiger partial charge in [0.05, 0.1) is 27.8 Å². The average Bonchev–Trinajstić information content (AvgIpc) is 3.76. The molecule has 0 bridgehead atoms. The van der Waals surface area contributed by atoms with Gasteiger partial charge in [-0.3, -0.25) is 0 Å². The number of benzene rings is 7. The smallest absolute Gasteiger partial charge is 0.160 e. The second-order valence-electron chi connectivity index (χ2n) is 12.7. The second kappa shape index (κ2) is 11.4. The molecule has 0 N–H and O–H groups in total. The SMILES string of the molecule is c1ccc(-c2ccccc2-c2nc(-c3ccc(-n4c5ccccc5c5cc6ccn(-c7ccccc7)c6cc54)cc3)nc3ccccc23)cc1. The number of fused-ring (bicyclic) bond motifs is 5. The Morgan fingerprint density at radius 1 is 0.400 bits per heavy atom. The van der Waals surface area contributed by atoms with Gasteiger partial charge in [-0.1, -0.05) is 109 Å². The van der Waals surface area contributed by atoms with Gasteiger partial charge in [-0.25, -0.2) is 9.97 Å². The van der Waals surface area contributed by atoms with Gasteiger partial charge in [-0.05, 0) is 77.9 Å². The van der Waals surface area contributed by atoms with E-state index >= 15 is 0 Å². The first-order valence-electron chi connectivity index (χ1n) is 16.9. The van der Waals surface area contributed by atoms with Gasteiger partial charge < -0.3 is 9.13 Å². The minimum Gasteiger partial charge on any atom is -0.316 e. The minimum absolute atomic E-state index is 0.706. The summed E-state index contributed by atoms with van der Waals surface area (Å²) < 4.78 is 4.64. The summed E-state index contributed by atoms with van der Waals surface area (Å²) in [6.07, 6.45) is 2.16. The average molecular weight is 639 g/mol. The van der Waals surface area contributed by atoms with Crippen LogP contribution in [0.2, 0.25) is 0 Å². The molecule has 4 nitrogen and oxygen atoms in total. The molecular formula is C46H30N4. The van der Waals surface area contributed by atoms with Gasteiger partial charge in [0.25, 0.3) is 0 Å². The van der Waals surface area contributed by atoms with Crippen LogP contribution in [-0.2, 0) is 0 Å². The fourth-order valence-corrected chi connectivity index (χ4v) is 7.42. The molecule has 4 heteroatoms. The van der Waals surface area contributed by atoms with Crippen LogP contribution in [0, 0.1) is 0 Å². The highest BCUT2D eigenvalue weighted by molar-refractivity contribution is 6.13. The van der Waals surface area contributed by atoms with Crippen LogP contribution in [0.4, 0.5) is 0 Å². The highest BCUT2D eigenvalue weighted by Crippen LogP contribution is 2.38. The minimum atomic E-state index is 0.706. The molecule has 10 aromatic rings. The largest absolute Gasteiger partial charge is 0.316 e. The van der Waals surface area contributed by atoms with Crippen molar-refractivity contribution in [2.75, 3.05) is 0 Å². The number of nitrogens with zero attached hydrogens (tertiary/aromatic N) is 4. The molecule has 0 aliphatic rings. The first-order chi connectivity index (χ1) is 24.8. The Balaban J connectivity index is 1.13. The molecule has 0 amide bonds. The van der Waals surface area contributed by atoms with E-state index in [-0.39, 0.29) is 0 Å². The molecule has 10 rings (SSSR count). The monoisotopic (exact) mass is 638 g/mol. The van der Waals surface area contributed by atoms with Crippen molar-refractivity contribution in [2.24, 2.45) is 0 Å². The summed E-state index contributed by atoms with van der Waals surface area (Å²) in [5, 5.41) is 4.73. The predicted octanol–water partition coefficient (Wildman–Crippen LogP) is 11.7. The van der Waals surface area contributed by atoms with E-state index in [1.54, 1.807) is 0 Å². The fourth-order valence-electron chi connectivity index (χ4n) is 7.42. The molecule has 0 atom stereocenters. The van der Waals surface area contributed by atoms with Crippen LogP contribution in [0.3, 0.4) is 0 Å². The van der Waals surface area contributed by atoms with Crippen LogP contribution < -0.4 is 0 Å². The van der Waals surface area contributed by atoms with Crippen molar-refractivity contribution in [2.45, 2.75) is 0 Å². The maximum Gasteiger partial charge on any atom is 0.160 e. The number of hydrogen-bond acceptors (Lipinski definition) is 2. The van der Waals surface area contributed by atoms with Crippen LogP contribution in [0.25, 0.3) is 88.8 Å². The van der Waals surface area contributed by atoms with Gasteiger partial charge in [0, 0.05) is 50.2 Å². The summed E-state index contributed by atoms with van der Waals surface area (Å²) in [5.74, 6) is 0.706. The zero-order valence-electron chi connectivity index (χ0n) is 27.1. The second-order valence-corrected chi connectivity index (χ2v) is 12.7.